The highest BCUT2D eigenvalue weighted by atomic mass is 32.1. The number of hydrogen-bond acceptors (Lipinski definition) is 5. The van der Waals surface area contributed by atoms with Crippen LogP contribution in [0.15, 0.2) is 47.3 Å². The Morgan fingerprint density at radius 1 is 1.19 bits per heavy atom. The number of alkyl halides is 3. The maximum Gasteiger partial charge on any atom is 0.417 e. The minimum Gasteiger partial charge on any atom is -0.492 e. The first-order valence-corrected chi connectivity index (χ1v) is 11.1. The van der Waals surface area contributed by atoms with E-state index >= 15 is 0 Å². The SMILES string of the molecule is CCOc1ccccc1-n1c(=S)[nH]c(=O)c2c(C(F)(F)F)cc(-c3ccc(CC)s3)nc21. The fraction of sp³-hybridized carbons (Fsp3) is 0.227. The van der Waals surface area contributed by atoms with E-state index in [1.165, 1.54) is 15.9 Å². The Labute approximate surface area is 190 Å². The van der Waals surface area contributed by atoms with Crippen molar-refractivity contribution in [2.45, 2.75) is 26.4 Å². The first kappa shape index (κ1) is 22.2. The van der Waals surface area contributed by atoms with Gasteiger partial charge in [-0.05, 0) is 55.9 Å². The molecule has 0 aliphatic rings. The molecule has 0 amide bonds. The molecule has 3 aromatic heterocycles. The Hall–Kier alpha value is -2.98. The second kappa shape index (κ2) is 8.51. The Balaban J connectivity index is 2.16. The summed E-state index contributed by atoms with van der Waals surface area (Å²) in [5.41, 5.74) is -1.68. The smallest absolute Gasteiger partial charge is 0.417 e. The lowest BCUT2D eigenvalue weighted by Crippen LogP contribution is -2.20. The number of ether oxygens (including phenoxy) is 1. The van der Waals surface area contributed by atoms with Crippen LogP contribution in [0.1, 0.15) is 24.3 Å². The number of halogens is 3. The van der Waals surface area contributed by atoms with Crippen molar-refractivity contribution in [3.63, 3.8) is 0 Å². The summed E-state index contributed by atoms with van der Waals surface area (Å²) in [6, 6.07) is 11.3. The van der Waals surface area contributed by atoms with Gasteiger partial charge in [0.2, 0.25) is 0 Å². The van der Waals surface area contributed by atoms with E-state index in [1.807, 2.05) is 13.0 Å². The minimum atomic E-state index is -4.77. The predicted octanol–water partition coefficient (Wildman–Crippen LogP) is 6.15. The molecule has 4 rings (SSSR count). The molecule has 0 atom stereocenters. The van der Waals surface area contributed by atoms with Crippen molar-refractivity contribution < 1.29 is 17.9 Å². The van der Waals surface area contributed by atoms with Gasteiger partial charge in [0.1, 0.15) is 5.75 Å². The lowest BCUT2D eigenvalue weighted by atomic mass is 10.1. The summed E-state index contributed by atoms with van der Waals surface area (Å²) in [5.74, 6) is 0.407. The number of thiophene rings is 1. The quantitative estimate of drug-likeness (QED) is 0.350. The molecule has 0 bridgehead atoms. The molecule has 3 heterocycles. The molecule has 10 heteroatoms. The van der Waals surface area contributed by atoms with E-state index in [4.69, 9.17) is 17.0 Å². The Morgan fingerprint density at radius 2 is 1.94 bits per heavy atom. The molecule has 0 aliphatic heterocycles. The molecule has 5 nitrogen and oxygen atoms in total. The van der Waals surface area contributed by atoms with Gasteiger partial charge in [-0.1, -0.05) is 19.1 Å². The van der Waals surface area contributed by atoms with Crippen LogP contribution >= 0.6 is 23.6 Å². The highest BCUT2D eigenvalue weighted by Crippen LogP contribution is 2.38. The maximum atomic E-state index is 14.1. The normalized spacial score (nSPS) is 11.8. The lowest BCUT2D eigenvalue weighted by molar-refractivity contribution is -0.136. The zero-order chi connectivity index (χ0) is 23.0. The second-order valence-corrected chi connectivity index (χ2v) is 8.42. The molecule has 1 N–H and O–H groups in total. The van der Waals surface area contributed by atoms with E-state index < -0.39 is 22.7 Å². The van der Waals surface area contributed by atoms with Gasteiger partial charge in [0.15, 0.2) is 10.4 Å². The van der Waals surface area contributed by atoms with Crippen LogP contribution in [0.3, 0.4) is 0 Å². The van der Waals surface area contributed by atoms with E-state index in [0.29, 0.717) is 22.9 Å². The number of pyridine rings is 1. The van der Waals surface area contributed by atoms with E-state index in [2.05, 4.69) is 9.97 Å². The first-order valence-electron chi connectivity index (χ1n) is 9.83. The number of hydrogen-bond donors (Lipinski definition) is 1. The number of aromatic amines is 1. The molecule has 0 aliphatic carbocycles. The molecule has 1 aromatic carbocycles. The number of fused-ring (bicyclic) bond motifs is 1. The van der Waals surface area contributed by atoms with Crippen LogP contribution in [0, 0.1) is 4.77 Å². The number of H-pyrrole nitrogens is 1. The van der Waals surface area contributed by atoms with Crippen LogP contribution in [-0.2, 0) is 12.6 Å². The van der Waals surface area contributed by atoms with Gasteiger partial charge in [0.25, 0.3) is 5.56 Å². The van der Waals surface area contributed by atoms with Gasteiger partial charge in [-0.15, -0.1) is 11.3 Å². The number of nitrogens with one attached hydrogen (secondary N) is 1. The largest absolute Gasteiger partial charge is 0.492 e. The zero-order valence-corrected chi connectivity index (χ0v) is 18.7. The molecule has 4 aromatic rings. The average molecular weight is 478 g/mol. The summed E-state index contributed by atoms with van der Waals surface area (Å²) in [4.78, 5) is 21.1. The van der Waals surface area contributed by atoms with Crippen molar-refractivity contribution in [3.05, 3.63) is 68.0 Å². The van der Waals surface area contributed by atoms with Gasteiger partial charge in [-0.2, -0.15) is 13.2 Å². The van der Waals surface area contributed by atoms with Gasteiger partial charge in [-0.3, -0.25) is 14.3 Å². The third kappa shape index (κ3) is 3.95. The summed E-state index contributed by atoms with van der Waals surface area (Å²) < 4.78 is 49.1. The number of rotatable bonds is 5. The third-order valence-electron chi connectivity index (χ3n) is 4.84. The van der Waals surface area contributed by atoms with Crippen molar-refractivity contribution in [1.82, 2.24) is 14.5 Å². The van der Waals surface area contributed by atoms with Crippen molar-refractivity contribution in [2.75, 3.05) is 6.61 Å². The Kier molecular flexibility index (Phi) is 5.91. The van der Waals surface area contributed by atoms with Crippen molar-refractivity contribution in [2.24, 2.45) is 0 Å². The molecule has 0 fully saturated rings. The molecule has 0 saturated heterocycles. The van der Waals surface area contributed by atoms with Gasteiger partial charge in [0.05, 0.1) is 33.8 Å². The van der Waals surface area contributed by atoms with Crippen LogP contribution in [0.25, 0.3) is 27.3 Å². The van der Waals surface area contributed by atoms with E-state index in [0.717, 1.165) is 17.4 Å². The van der Waals surface area contributed by atoms with Crippen molar-refractivity contribution in [3.8, 4) is 22.0 Å². The number of para-hydroxylation sites is 2. The first-order chi connectivity index (χ1) is 15.2. The summed E-state index contributed by atoms with van der Waals surface area (Å²) in [6.07, 6.45) is -4.02. The number of aryl methyl sites for hydroxylation is 1. The molecule has 0 spiro atoms. The summed E-state index contributed by atoms with van der Waals surface area (Å²) in [7, 11) is 0. The average Bonchev–Trinajstić information content (AvgIpc) is 3.23. The minimum absolute atomic E-state index is 0.0761. The summed E-state index contributed by atoms with van der Waals surface area (Å²) in [6.45, 7) is 4.10. The topological polar surface area (TPSA) is 59.9 Å². The molecule has 32 heavy (non-hydrogen) atoms. The maximum absolute atomic E-state index is 14.1. The van der Waals surface area contributed by atoms with Gasteiger partial charge >= 0.3 is 6.18 Å². The monoisotopic (exact) mass is 477 g/mol. The number of nitrogens with zero attached hydrogens (tertiary/aromatic N) is 2. The lowest BCUT2D eigenvalue weighted by Gasteiger charge is -2.17. The van der Waals surface area contributed by atoms with Crippen LogP contribution in [0.2, 0.25) is 0 Å². The van der Waals surface area contributed by atoms with E-state index in [9.17, 15) is 18.0 Å². The summed E-state index contributed by atoms with van der Waals surface area (Å²) >= 11 is 6.70. The van der Waals surface area contributed by atoms with Gasteiger partial charge < -0.3 is 4.74 Å². The van der Waals surface area contributed by atoms with Crippen molar-refractivity contribution >= 4 is 34.6 Å². The third-order valence-corrected chi connectivity index (χ3v) is 6.37. The van der Waals surface area contributed by atoms with Crippen molar-refractivity contribution in [1.29, 1.82) is 0 Å². The molecule has 0 unspecified atom stereocenters. The van der Waals surface area contributed by atoms with E-state index in [1.54, 1.807) is 37.3 Å². The van der Waals surface area contributed by atoms with Gasteiger partial charge in [-0.25, -0.2) is 4.98 Å². The Bertz CT molecular complexity index is 1420. The molecule has 0 saturated carbocycles. The molecular weight excluding hydrogens is 459 g/mol. The molecule has 166 valence electrons. The van der Waals surface area contributed by atoms with E-state index in [-0.39, 0.29) is 16.1 Å². The fourth-order valence-electron chi connectivity index (χ4n) is 3.43. The second-order valence-electron chi connectivity index (χ2n) is 6.87. The standard InChI is InChI=1S/C22H18F3N3O2S2/c1-3-12-9-10-17(32-12)14-11-13(22(23,24)25)18-19(26-14)28(21(31)27-20(18)29)15-7-5-6-8-16(15)30-4-2/h5-11H,3-4H2,1-2H3,(H,27,29,31). The fourth-order valence-corrected chi connectivity index (χ4v) is 4.61. The summed E-state index contributed by atoms with van der Waals surface area (Å²) in [5, 5.41) is -0.576. The zero-order valence-electron chi connectivity index (χ0n) is 17.1. The van der Waals surface area contributed by atoms with Crippen LogP contribution in [0.5, 0.6) is 5.75 Å². The number of aromatic nitrogens is 3. The Morgan fingerprint density at radius 3 is 2.59 bits per heavy atom. The highest BCUT2D eigenvalue weighted by Gasteiger charge is 2.36. The molecular formula is C22H18F3N3O2S2. The molecule has 0 radical (unpaired) electrons. The van der Waals surface area contributed by atoms with Crippen LogP contribution in [-0.4, -0.2) is 21.1 Å². The van der Waals surface area contributed by atoms with Crippen LogP contribution in [0.4, 0.5) is 13.2 Å². The highest BCUT2D eigenvalue weighted by molar-refractivity contribution is 7.71. The number of benzene rings is 1. The predicted molar refractivity (Wildman–Crippen MR) is 121 cm³/mol. The van der Waals surface area contributed by atoms with Gasteiger partial charge in [0, 0.05) is 4.88 Å². The van der Waals surface area contributed by atoms with Crippen LogP contribution < -0.4 is 10.3 Å².